The second kappa shape index (κ2) is 8.76. The van der Waals surface area contributed by atoms with Crippen molar-refractivity contribution in [3.63, 3.8) is 0 Å². The minimum Gasteiger partial charge on any atom is -0.493 e. The van der Waals surface area contributed by atoms with Crippen LogP contribution in [0, 0.1) is 18.3 Å². The number of fused-ring (bicyclic) bond motifs is 2. The van der Waals surface area contributed by atoms with Gasteiger partial charge in [-0.3, -0.25) is 5.10 Å². The molecule has 1 atom stereocenters. The lowest BCUT2D eigenvalue weighted by atomic mass is 9.84. The number of benzene rings is 3. The first-order valence-corrected chi connectivity index (χ1v) is 11.4. The normalized spacial score (nSPS) is 14.9. The van der Waals surface area contributed by atoms with Crippen LogP contribution < -0.4 is 19.9 Å². The molecule has 1 aliphatic rings. The first-order chi connectivity index (χ1) is 16.5. The molecule has 2 heterocycles. The minimum absolute atomic E-state index is 0.0397. The van der Waals surface area contributed by atoms with Crippen LogP contribution >= 0.6 is 15.9 Å². The van der Waals surface area contributed by atoms with Crippen LogP contribution in [0.4, 0.5) is 0 Å². The molecular formula is C26H21BrN4O3. The number of ether oxygens (including phenoxy) is 3. The van der Waals surface area contributed by atoms with Gasteiger partial charge < -0.3 is 19.9 Å². The average molecular weight is 517 g/mol. The summed E-state index contributed by atoms with van der Waals surface area (Å²) in [4.78, 5) is 0. The summed E-state index contributed by atoms with van der Waals surface area (Å²) in [5.41, 5.74) is 9.80. The van der Waals surface area contributed by atoms with Gasteiger partial charge in [-0.1, -0.05) is 42.5 Å². The molecule has 0 bridgehead atoms. The molecule has 1 aromatic heterocycles. The number of aromatic amines is 1. The highest BCUT2D eigenvalue weighted by molar-refractivity contribution is 9.10. The van der Waals surface area contributed by atoms with Crippen molar-refractivity contribution in [2.24, 2.45) is 5.73 Å². The SMILES string of the molecule is COc1cc([C@@H]2C(C#N)=C(N)Oc3n[nH]c(C)c32)cc(Br)c1OCc1cccc2ccccc12. The molecule has 0 spiro atoms. The van der Waals surface area contributed by atoms with E-state index in [4.69, 9.17) is 19.9 Å². The van der Waals surface area contributed by atoms with Crippen molar-refractivity contribution in [2.45, 2.75) is 19.4 Å². The summed E-state index contributed by atoms with van der Waals surface area (Å²) in [5.74, 6) is 1.06. The molecule has 34 heavy (non-hydrogen) atoms. The molecule has 0 saturated heterocycles. The maximum absolute atomic E-state index is 9.83. The van der Waals surface area contributed by atoms with Gasteiger partial charge in [0.1, 0.15) is 18.2 Å². The first kappa shape index (κ1) is 21.9. The van der Waals surface area contributed by atoms with Crippen LogP contribution in [0.3, 0.4) is 0 Å². The summed E-state index contributed by atoms with van der Waals surface area (Å²) in [7, 11) is 1.59. The zero-order chi connectivity index (χ0) is 23.8. The molecule has 0 radical (unpaired) electrons. The van der Waals surface area contributed by atoms with Gasteiger partial charge in [-0.2, -0.15) is 5.26 Å². The lowest BCUT2D eigenvalue weighted by Gasteiger charge is -2.25. The molecule has 8 heteroatoms. The van der Waals surface area contributed by atoms with Crippen molar-refractivity contribution in [1.29, 1.82) is 5.26 Å². The third-order valence-corrected chi connectivity index (χ3v) is 6.56. The number of H-pyrrole nitrogens is 1. The summed E-state index contributed by atoms with van der Waals surface area (Å²) in [6.45, 7) is 2.25. The fraction of sp³-hybridized carbons (Fsp3) is 0.154. The van der Waals surface area contributed by atoms with Gasteiger partial charge in [0.2, 0.25) is 11.8 Å². The number of allylic oxidation sites excluding steroid dienone is 1. The van der Waals surface area contributed by atoms with Crippen molar-refractivity contribution < 1.29 is 14.2 Å². The van der Waals surface area contributed by atoms with Gasteiger partial charge in [-0.25, -0.2) is 0 Å². The quantitative estimate of drug-likeness (QED) is 0.365. The number of nitrogens with zero attached hydrogens (tertiary/aromatic N) is 2. The van der Waals surface area contributed by atoms with Crippen molar-refractivity contribution in [1.82, 2.24) is 10.2 Å². The van der Waals surface area contributed by atoms with Gasteiger partial charge in [0, 0.05) is 11.3 Å². The molecule has 1 aliphatic heterocycles. The fourth-order valence-corrected chi connectivity index (χ4v) is 4.92. The van der Waals surface area contributed by atoms with E-state index >= 15 is 0 Å². The maximum atomic E-state index is 9.83. The van der Waals surface area contributed by atoms with E-state index in [1.807, 2.05) is 37.3 Å². The second-order valence-electron chi connectivity index (χ2n) is 7.95. The van der Waals surface area contributed by atoms with Gasteiger partial charge in [-0.15, -0.1) is 5.10 Å². The molecule has 4 aromatic rings. The number of rotatable bonds is 5. The molecule has 3 aromatic carbocycles. The Morgan fingerprint density at radius 2 is 2.00 bits per heavy atom. The number of aryl methyl sites for hydroxylation is 1. The number of nitriles is 1. The standard InChI is InChI=1S/C26H21BrN4O3/c1-14-22-23(19(12-28)25(29)34-26(22)31-30-14)17-10-20(27)24(21(11-17)32-2)33-13-16-8-5-7-15-6-3-4-9-18(15)16/h3-11,23H,13,29H2,1-2H3,(H,30,31)/t23-/m1/s1. The summed E-state index contributed by atoms with van der Waals surface area (Å²) >= 11 is 3.65. The Morgan fingerprint density at radius 3 is 2.79 bits per heavy atom. The summed E-state index contributed by atoms with van der Waals surface area (Å²) < 4.78 is 18.2. The Bertz CT molecular complexity index is 1480. The molecule has 170 valence electrons. The van der Waals surface area contributed by atoms with E-state index in [0.29, 0.717) is 34.0 Å². The molecule has 0 aliphatic carbocycles. The fourth-order valence-electron chi connectivity index (χ4n) is 4.35. The van der Waals surface area contributed by atoms with Gasteiger partial charge in [0.15, 0.2) is 11.5 Å². The van der Waals surface area contributed by atoms with Crippen molar-refractivity contribution in [2.75, 3.05) is 7.11 Å². The highest BCUT2D eigenvalue weighted by Crippen LogP contribution is 2.46. The summed E-state index contributed by atoms with van der Waals surface area (Å²) in [6.07, 6.45) is 0. The van der Waals surface area contributed by atoms with Crippen LogP contribution in [0.25, 0.3) is 10.8 Å². The van der Waals surface area contributed by atoms with E-state index < -0.39 is 5.92 Å². The Balaban J connectivity index is 1.54. The number of halogens is 1. The zero-order valence-corrected chi connectivity index (χ0v) is 20.1. The highest BCUT2D eigenvalue weighted by Gasteiger charge is 2.35. The van der Waals surface area contributed by atoms with Gasteiger partial charge in [0.05, 0.1) is 17.5 Å². The smallest absolute Gasteiger partial charge is 0.244 e. The van der Waals surface area contributed by atoms with Gasteiger partial charge >= 0.3 is 0 Å². The van der Waals surface area contributed by atoms with Gasteiger partial charge in [0.25, 0.3) is 0 Å². The van der Waals surface area contributed by atoms with Crippen molar-refractivity contribution in [3.8, 4) is 23.4 Å². The summed E-state index contributed by atoms with van der Waals surface area (Å²) in [5, 5.41) is 19.2. The van der Waals surface area contributed by atoms with E-state index in [1.165, 1.54) is 0 Å². The number of nitrogens with two attached hydrogens (primary N) is 1. The van der Waals surface area contributed by atoms with Crippen LogP contribution in [0.1, 0.15) is 28.3 Å². The molecule has 5 rings (SSSR count). The maximum Gasteiger partial charge on any atom is 0.244 e. The number of hydrogen-bond acceptors (Lipinski definition) is 6. The molecule has 0 fully saturated rings. The van der Waals surface area contributed by atoms with Crippen LogP contribution in [0.5, 0.6) is 17.4 Å². The molecule has 7 nitrogen and oxygen atoms in total. The van der Waals surface area contributed by atoms with Crippen LogP contribution in [0.2, 0.25) is 0 Å². The minimum atomic E-state index is -0.454. The predicted octanol–water partition coefficient (Wildman–Crippen LogP) is 5.44. The lowest BCUT2D eigenvalue weighted by molar-refractivity contribution is 0.283. The average Bonchev–Trinajstić information content (AvgIpc) is 3.21. The van der Waals surface area contributed by atoms with E-state index in [9.17, 15) is 5.26 Å². The van der Waals surface area contributed by atoms with E-state index in [-0.39, 0.29) is 5.88 Å². The van der Waals surface area contributed by atoms with E-state index in [1.54, 1.807) is 7.11 Å². The van der Waals surface area contributed by atoms with Gasteiger partial charge in [-0.05, 0) is 56.9 Å². The molecule has 0 unspecified atom stereocenters. The van der Waals surface area contributed by atoms with E-state index in [0.717, 1.165) is 33.2 Å². The summed E-state index contributed by atoms with van der Waals surface area (Å²) in [6, 6.07) is 20.3. The molecule has 0 saturated carbocycles. The molecule has 0 amide bonds. The number of hydrogen-bond donors (Lipinski definition) is 2. The Labute approximate surface area is 204 Å². The number of nitrogens with one attached hydrogen (secondary N) is 1. The first-order valence-electron chi connectivity index (χ1n) is 10.6. The lowest BCUT2D eigenvalue weighted by Crippen LogP contribution is -2.21. The third-order valence-electron chi connectivity index (χ3n) is 5.97. The Hall–Kier alpha value is -3.96. The van der Waals surface area contributed by atoms with Crippen LogP contribution in [-0.4, -0.2) is 17.3 Å². The largest absolute Gasteiger partial charge is 0.493 e. The molecule has 3 N–H and O–H groups in total. The zero-order valence-electron chi connectivity index (χ0n) is 18.6. The number of aromatic nitrogens is 2. The molecular weight excluding hydrogens is 496 g/mol. The van der Waals surface area contributed by atoms with Crippen molar-refractivity contribution >= 4 is 26.7 Å². The number of methoxy groups -OCH3 is 1. The van der Waals surface area contributed by atoms with Crippen molar-refractivity contribution in [3.05, 3.63) is 92.9 Å². The topological polar surface area (TPSA) is 106 Å². The Morgan fingerprint density at radius 1 is 1.21 bits per heavy atom. The van der Waals surface area contributed by atoms with Crippen LogP contribution in [-0.2, 0) is 6.61 Å². The second-order valence-corrected chi connectivity index (χ2v) is 8.81. The Kier molecular flexibility index (Phi) is 5.64. The third kappa shape index (κ3) is 3.64. The highest BCUT2D eigenvalue weighted by atomic mass is 79.9. The monoisotopic (exact) mass is 516 g/mol. The predicted molar refractivity (Wildman–Crippen MR) is 132 cm³/mol. The van der Waals surface area contributed by atoms with E-state index in [2.05, 4.69) is 56.5 Å². The van der Waals surface area contributed by atoms with Crippen LogP contribution in [0.15, 0.2) is 70.5 Å².